The summed E-state index contributed by atoms with van der Waals surface area (Å²) < 4.78 is 0. The van der Waals surface area contributed by atoms with Crippen LogP contribution in [-0.2, 0) is 0 Å². The minimum atomic E-state index is -0.103. The van der Waals surface area contributed by atoms with Crippen LogP contribution in [0.1, 0.15) is 31.2 Å². The van der Waals surface area contributed by atoms with E-state index in [2.05, 4.69) is 23.2 Å². The van der Waals surface area contributed by atoms with Gasteiger partial charge >= 0.3 is 0 Å². The molecule has 1 aromatic heterocycles. The van der Waals surface area contributed by atoms with Gasteiger partial charge in [0.1, 0.15) is 0 Å². The maximum absolute atomic E-state index is 12.3. The molecule has 2 aromatic rings. The first-order chi connectivity index (χ1) is 9.99. The number of thiophene rings is 1. The molecule has 1 heterocycles. The van der Waals surface area contributed by atoms with Crippen molar-refractivity contribution in [3.05, 3.63) is 50.7 Å². The Kier molecular flexibility index (Phi) is 4.79. The fraction of sp³-hybridized carbons (Fsp3) is 0.235. The number of amides is 1. The molecule has 1 amide bonds. The predicted octanol–water partition coefficient (Wildman–Crippen LogP) is 3.24. The van der Waals surface area contributed by atoms with Gasteiger partial charge in [0.05, 0.1) is 16.3 Å². The maximum atomic E-state index is 12.3. The zero-order valence-corrected chi connectivity index (χ0v) is 13.2. The molecule has 0 saturated carbocycles. The van der Waals surface area contributed by atoms with Gasteiger partial charge in [0.2, 0.25) is 0 Å². The summed E-state index contributed by atoms with van der Waals surface area (Å²) in [7, 11) is 0. The molecule has 0 atom stereocenters. The van der Waals surface area contributed by atoms with Crippen molar-refractivity contribution in [3.8, 4) is 11.8 Å². The summed E-state index contributed by atoms with van der Waals surface area (Å²) in [6, 6.07) is 7.86. The normalized spacial score (nSPS) is 9.90. The number of carbonyl (C=O) groups excluding carboxylic acids is 1. The highest BCUT2D eigenvalue weighted by Gasteiger charge is 2.12. The molecule has 3 N–H and O–H groups in total. The van der Waals surface area contributed by atoms with Crippen molar-refractivity contribution in [1.82, 2.24) is 0 Å². The molecule has 0 saturated heterocycles. The Morgan fingerprint density at radius 2 is 1.86 bits per heavy atom. The number of carbonyl (C=O) groups is 1. The fourth-order valence-corrected chi connectivity index (χ4v) is 3.03. The molecular weight excluding hydrogens is 280 g/mol. The van der Waals surface area contributed by atoms with E-state index in [0.29, 0.717) is 11.4 Å². The zero-order chi connectivity index (χ0) is 15.4. The Labute approximate surface area is 129 Å². The molecule has 0 radical (unpaired) electrons. The Morgan fingerprint density at radius 1 is 1.19 bits per heavy atom. The van der Waals surface area contributed by atoms with Crippen LogP contribution < -0.4 is 11.1 Å². The van der Waals surface area contributed by atoms with Crippen molar-refractivity contribution in [2.24, 2.45) is 5.73 Å². The fourth-order valence-electron chi connectivity index (χ4n) is 2.09. The van der Waals surface area contributed by atoms with Gasteiger partial charge in [-0.25, -0.2) is 0 Å². The average Bonchev–Trinajstić information content (AvgIpc) is 2.76. The average molecular weight is 298 g/mol. The van der Waals surface area contributed by atoms with Crippen molar-refractivity contribution in [1.29, 1.82) is 0 Å². The monoisotopic (exact) mass is 298 g/mol. The first kappa shape index (κ1) is 15.3. The Balaban J connectivity index is 2.20. The lowest BCUT2D eigenvalue weighted by atomic mass is 10.1. The van der Waals surface area contributed by atoms with Crippen LogP contribution in [0.2, 0.25) is 0 Å². The lowest BCUT2D eigenvalue weighted by Gasteiger charge is -2.06. The zero-order valence-electron chi connectivity index (χ0n) is 12.4. The van der Waals surface area contributed by atoms with Crippen LogP contribution in [0.3, 0.4) is 0 Å². The molecule has 0 aliphatic rings. The molecule has 0 aliphatic carbocycles. The second kappa shape index (κ2) is 6.57. The van der Waals surface area contributed by atoms with E-state index in [-0.39, 0.29) is 5.91 Å². The van der Waals surface area contributed by atoms with Crippen molar-refractivity contribution < 1.29 is 4.79 Å². The Hall–Kier alpha value is -2.09. The van der Waals surface area contributed by atoms with Crippen LogP contribution in [0.15, 0.2) is 24.3 Å². The van der Waals surface area contributed by atoms with Crippen LogP contribution in [0.5, 0.6) is 0 Å². The third-order valence-electron chi connectivity index (χ3n) is 2.93. The summed E-state index contributed by atoms with van der Waals surface area (Å²) in [4.78, 5) is 13.9. The van der Waals surface area contributed by atoms with Gasteiger partial charge in [0, 0.05) is 5.69 Å². The number of anilines is 1. The lowest BCUT2D eigenvalue weighted by Crippen LogP contribution is -2.10. The number of hydrogen-bond acceptors (Lipinski definition) is 3. The van der Waals surface area contributed by atoms with E-state index in [1.54, 1.807) is 0 Å². The van der Waals surface area contributed by atoms with Crippen LogP contribution in [0, 0.1) is 32.6 Å². The summed E-state index contributed by atoms with van der Waals surface area (Å²) in [5, 5.41) is 2.94. The molecule has 0 spiro atoms. The quantitative estimate of drug-likeness (QED) is 0.836. The van der Waals surface area contributed by atoms with E-state index in [1.807, 2.05) is 39.0 Å². The predicted molar refractivity (Wildman–Crippen MR) is 88.9 cm³/mol. The van der Waals surface area contributed by atoms with Crippen LogP contribution in [-0.4, -0.2) is 12.5 Å². The van der Waals surface area contributed by atoms with Gasteiger partial charge in [-0.3, -0.25) is 4.79 Å². The first-order valence-corrected chi connectivity index (χ1v) is 7.50. The van der Waals surface area contributed by atoms with Gasteiger partial charge in [0.15, 0.2) is 0 Å². The van der Waals surface area contributed by atoms with Crippen molar-refractivity contribution in [3.63, 3.8) is 0 Å². The van der Waals surface area contributed by atoms with E-state index in [0.717, 1.165) is 27.3 Å². The number of hydrogen-bond donors (Lipinski definition) is 2. The third-order valence-corrected chi connectivity index (χ3v) is 4.08. The highest BCUT2D eigenvalue weighted by Crippen LogP contribution is 2.22. The summed E-state index contributed by atoms with van der Waals surface area (Å²) in [6.45, 7) is 6.29. The van der Waals surface area contributed by atoms with E-state index < -0.39 is 0 Å². The molecule has 2 rings (SSSR count). The van der Waals surface area contributed by atoms with Gasteiger partial charge < -0.3 is 11.1 Å². The molecule has 0 fully saturated rings. The van der Waals surface area contributed by atoms with Crippen molar-refractivity contribution in [2.75, 3.05) is 11.9 Å². The second-order valence-corrected chi connectivity index (χ2v) is 6.01. The van der Waals surface area contributed by atoms with E-state index >= 15 is 0 Å². The molecule has 1 aromatic carbocycles. The van der Waals surface area contributed by atoms with E-state index in [9.17, 15) is 4.79 Å². The Morgan fingerprint density at radius 3 is 2.48 bits per heavy atom. The summed E-state index contributed by atoms with van der Waals surface area (Å²) in [5.74, 6) is 5.71. The largest absolute Gasteiger partial charge is 0.321 e. The molecule has 0 aliphatic heterocycles. The summed E-state index contributed by atoms with van der Waals surface area (Å²) in [6.07, 6.45) is 0. The molecule has 21 heavy (non-hydrogen) atoms. The minimum absolute atomic E-state index is 0.103. The molecule has 0 unspecified atom stereocenters. The van der Waals surface area contributed by atoms with Crippen molar-refractivity contribution >= 4 is 22.9 Å². The third kappa shape index (κ3) is 3.94. The summed E-state index contributed by atoms with van der Waals surface area (Å²) >= 11 is 1.39. The van der Waals surface area contributed by atoms with Crippen LogP contribution in [0.25, 0.3) is 0 Å². The molecule has 4 heteroatoms. The van der Waals surface area contributed by atoms with Gasteiger partial charge in [0.25, 0.3) is 5.91 Å². The highest BCUT2D eigenvalue weighted by atomic mass is 32.1. The summed E-state index contributed by atoms with van der Waals surface area (Å²) in [5.41, 5.74) is 9.45. The minimum Gasteiger partial charge on any atom is -0.321 e. The molecule has 108 valence electrons. The second-order valence-electron chi connectivity index (χ2n) is 4.96. The van der Waals surface area contributed by atoms with Crippen LogP contribution in [0.4, 0.5) is 5.69 Å². The smallest absolute Gasteiger partial charge is 0.265 e. The molecule has 0 bridgehead atoms. The highest BCUT2D eigenvalue weighted by molar-refractivity contribution is 7.14. The van der Waals surface area contributed by atoms with E-state index in [1.165, 1.54) is 11.3 Å². The van der Waals surface area contributed by atoms with E-state index in [4.69, 9.17) is 5.73 Å². The number of nitrogens with two attached hydrogens (primary N) is 1. The SMILES string of the molecule is Cc1cc(C)cc(NC(=O)c2cc(C)c(C#CCN)s2)c1. The van der Waals surface area contributed by atoms with Crippen molar-refractivity contribution in [2.45, 2.75) is 20.8 Å². The first-order valence-electron chi connectivity index (χ1n) is 6.68. The number of rotatable bonds is 2. The number of nitrogens with one attached hydrogen (secondary N) is 1. The number of aryl methyl sites for hydroxylation is 3. The van der Waals surface area contributed by atoms with Gasteiger partial charge in [-0.2, -0.15) is 0 Å². The number of benzene rings is 1. The lowest BCUT2D eigenvalue weighted by molar-refractivity contribution is 0.103. The maximum Gasteiger partial charge on any atom is 0.265 e. The van der Waals surface area contributed by atoms with Gasteiger partial charge in [-0.05, 0) is 55.7 Å². The molecular formula is C17H18N2OS. The Bertz CT molecular complexity index is 715. The van der Waals surface area contributed by atoms with Crippen LogP contribution >= 0.6 is 11.3 Å². The van der Waals surface area contributed by atoms with Gasteiger partial charge in [-0.15, -0.1) is 11.3 Å². The molecule has 3 nitrogen and oxygen atoms in total. The topological polar surface area (TPSA) is 55.1 Å². The van der Waals surface area contributed by atoms with Gasteiger partial charge in [-0.1, -0.05) is 17.9 Å². The standard InChI is InChI=1S/C17H18N2OS/c1-11-7-12(2)9-14(8-11)19-17(20)16-10-13(3)15(21-16)5-4-6-18/h7-10H,6,18H2,1-3H3,(H,19,20).